The van der Waals surface area contributed by atoms with Crippen molar-refractivity contribution in [1.82, 2.24) is 28.7 Å². The van der Waals surface area contributed by atoms with Crippen LogP contribution in [0.5, 0.6) is 17.2 Å². The van der Waals surface area contributed by atoms with E-state index in [0.29, 0.717) is 60.1 Å². The van der Waals surface area contributed by atoms with Crippen molar-refractivity contribution in [1.29, 1.82) is 0 Å². The number of hydrogen-bond acceptors (Lipinski definition) is 13. The SMILES string of the molecule is C.C.C[C@@]1(Cc2ccc(OC(F)(F)F)cc2)C(=O)N(c2cc(Cl)cc(Cl)c2)c2ncc(I)n21.C[C@@]1(Cc2ccc(OC(F)(F)F)cc2)C(=O)N(c2cc(Cl)cc(Cl)c2)c2ncc(S(=O)(=O)Cl)n21.C[C@@]1(Cc2ccc(OC(F)(F)F)cc2)C(=O)N(c2cc(Cl)cc(Cl)c2)c2nccn21.O=S=O.[CH-]1CCCC1.[Cl-].[Mg+2]. The van der Waals surface area contributed by atoms with E-state index in [1.807, 2.05) is 0 Å². The molecule has 0 saturated heterocycles. The van der Waals surface area contributed by atoms with E-state index in [4.69, 9.17) is 88.7 Å². The first-order chi connectivity index (χ1) is 48.1. The van der Waals surface area contributed by atoms with Crippen LogP contribution in [0.25, 0.3) is 0 Å². The molecule has 9 aromatic rings. The van der Waals surface area contributed by atoms with Crippen molar-refractivity contribution in [3.63, 3.8) is 0 Å². The molecule has 1 saturated carbocycles. The van der Waals surface area contributed by atoms with E-state index in [1.54, 1.807) is 78.0 Å². The first kappa shape index (κ1) is 91.3. The first-order valence-corrected chi connectivity index (χ1v) is 36.0. The molecular weight excluding hydrogens is 1760 g/mol. The maximum atomic E-state index is 13.7. The number of nitrogens with zero attached hydrogens (tertiary/aromatic N) is 9. The van der Waals surface area contributed by atoms with E-state index >= 15 is 0 Å². The number of anilines is 6. The Balaban J connectivity index is 0.000000268. The van der Waals surface area contributed by atoms with Crippen LogP contribution < -0.4 is 41.3 Å². The predicted molar refractivity (Wildman–Crippen MR) is 396 cm³/mol. The third-order valence-electron chi connectivity index (χ3n) is 15.9. The van der Waals surface area contributed by atoms with Crippen molar-refractivity contribution in [2.45, 2.75) is 121 Å². The van der Waals surface area contributed by atoms with Crippen molar-refractivity contribution in [3.8, 4) is 17.2 Å². The van der Waals surface area contributed by atoms with Crippen LogP contribution in [0.2, 0.25) is 30.1 Å². The third kappa shape index (κ3) is 21.9. The van der Waals surface area contributed by atoms with Gasteiger partial charge >= 0.3 is 53.7 Å². The maximum Gasteiger partial charge on any atom is 2.00 e. The summed E-state index contributed by atoms with van der Waals surface area (Å²) in [6, 6.07) is 29.7. The van der Waals surface area contributed by atoms with E-state index in [0.717, 1.165) is 26.9 Å². The number of aromatic nitrogens is 6. The zero-order chi connectivity index (χ0) is 75.5. The number of amides is 3. The second kappa shape index (κ2) is 36.7. The van der Waals surface area contributed by atoms with Crippen molar-refractivity contribution >= 4 is 199 Å². The Hall–Kier alpha value is -6.28. The number of rotatable bonds is 13. The standard InChI is InChI=1S/C20H13Cl3F3N3O4S.C20H13Cl2F3IN3O2.C20H14Cl2F3N3O2.C5H9.2CH4.ClH.Mg.O2S/c1-19(9-11-2-4-15(5-3-11)33-20(24,25)26)17(30)28(14-7-12(21)6-13(22)8-14)18-27-10-16(29(18)19)34(23,31)32;1-19(9-11-2-4-15(5-3-11)31-20(23,24)25)17(30)28(18-27-10-16(26)29(18)19)14-7-12(21)6-13(22)8-14;1-19(11-12-2-4-16(5-3-12)30-20(23,24)25)17(29)28(18-26-6-7-27(18)19)15-9-13(21)8-14(22)10-15;1-2-4-5-3-1;;;;;1-3-2/h2-8,10H,9H2,1H3;2-8,10H,9H2,1H3;2-10H,11H2,1H3;1H,2-5H2;2*1H4;1H;;/q;;;-1;;;;+2;/p-1/t3*19-;;;;;;/m111....../s1. The van der Waals surface area contributed by atoms with E-state index < -0.39 is 73.0 Å². The molecule has 1 fully saturated rings. The van der Waals surface area contributed by atoms with E-state index in [2.05, 4.69) is 58.2 Å². The van der Waals surface area contributed by atoms with Gasteiger partial charge in [-0.2, -0.15) is 21.3 Å². The molecule has 0 bridgehead atoms. The summed E-state index contributed by atoms with van der Waals surface area (Å²) in [5.74, 6) is -1.43. The third-order valence-corrected chi connectivity index (χ3v) is 19.2. The molecule has 6 aromatic carbocycles. The molecule has 6 heterocycles. The van der Waals surface area contributed by atoms with Gasteiger partial charge in [-0.3, -0.25) is 23.5 Å². The van der Waals surface area contributed by atoms with Gasteiger partial charge in [-0.15, -0.1) is 39.5 Å². The molecule has 0 radical (unpaired) electrons. The van der Waals surface area contributed by atoms with Gasteiger partial charge in [0.1, 0.15) is 37.6 Å². The summed E-state index contributed by atoms with van der Waals surface area (Å²) in [6.07, 6.45) is -0.139. The average molecular weight is 1820 g/mol. The number of alkyl halides is 9. The Labute approximate surface area is 681 Å². The monoisotopic (exact) mass is 1810 g/mol. The molecule has 13 rings (SSSR count). The summed E-state index contributed by atoms with van der Waals surface area (Å²) in [4.78, 5) is 57.5. The Kier molecular flexibility index (Phi) is 31.3. The molecule has 3 amide bonds. The van der Waals surface area contributed by atoms with Crippen molar-refractivity contribution in [2.75, 3.05) is 14.7 Å². The number of carbonyl (C=O) groups is 3. The van der Waals surface area contributed by atoms with Gasteiger partial charge in [0.15, 0.2) is 5.03 Å². The van der Waals surface area contributed by atoms with E-state index in [1.165, 1.54) is 126 Å². The summed E-state index contributed by atoms with van der Waals surface area (Å²) in [7, 11) is 1.28. The molecule has 0 unspecified atom stereocenters. The number of hydrogen-bond donors (Lipinski definition) is 0. The Morgan fingerprint density at radius 1 is 0.505 bits per heavy atom. The van der Waals surface area contributed by atoms with Crippen molar-refractivity contribution in [3.05, 3.63) is 209 Å². The van der Waals surface area contributed by atoms with Crippen LogP contribution in [-0.2, 0) is 70.9 Å². The number of halogens is 18. The first-order valence-electron chi connectivity index (χ1n) is 29.6. The van der Waals surface area contributed by atoms with Gasteiger partial charge in [0.2, 0.25) is 17.8 Å². The largest absolute Gasteiger partial charge is 2.00 e. The van der Waals surface area contributed by atoms with Gasteiger partial charge in [0, 0.05) is 72.5 Å². The maximum absolute atomic E-state index is 13.7. The fraction of sp³-hybridized carbons (Fsp3) is 0.269. The summed E-state index contributed by atoms with van der Waals surface area (Å²) in [6.45, 7) is 4.97. The minimum absolute atomic E-state index is 0. The van der Waals surface area contributed by atoms with Crippen LogP contribution in [-0.4, -0.2) is 105 Å². The van der Waals surface area contributed by atoms with Crippen LogP contribution in [0, 0.1) is 10.1 Å². The number of benzene rings is 6. The van der Waals surface area contributed by atoms with E-state index in [-0.39, 0.29) is 115 Å². The normalized spacial score (nSPS) is 17.6. The molecule has 107 heavy (non-hydrogen) atoms. The molecular formula is C67H57Cl8F9IMgN9O10S2. The van der Waals surface area contributed by atoms with Crippen LogP contribution in [0.4, 0.5) is 74.4 Å². The molecule has 3 atom stereocenters. The van der Waals surface area contributed by atoms with Gasteiger partial charge in [0.05, 0.1) is 29.5 Å². The molecule has 40 heteroatoms. The number of imidazole rings is 3. The summed E-state index contributed by atoms with van der Waals surface area (Å²) in [5, 5.41) is 1.52. The van der Waals surface area contributed by atoms with Gasteiger partial charge in [-0.25, -0.2) is 38.1 Å². The van der Waals surface area contributed by atoms with Crippen LogP contribution >= 0.6 is 103 Å². The number of fused-ring (bicyclic) bond motifs is 3. The van der Waals surface area contributed by atoms with Crippen molar-refractivity contribution < 1.29 is 97.4 Å². The van der Waals surface area contributed by atoms with Crippen molar-refractivity contribution in [2.24, 2.45) is 0 Å². The summed E-state index contributed by atoms with van der Waals surface area (Å²) >= 11 is 38.0. The Morgan fingerprint density at radius 2 is 0.804 bits per heavy atom. The van der Waals surface area contributed by atoms with Crippen LogP contribution in [0.1, 0.15) is 78.0 Å². The Morgan fingerprint density at radius 3 is 1.12 bits per heavy atom. The molecule has 4 aliphatic rings. The second-order valence-electron chi connectivity index (χ2n) is 23.4. The minimum atomic E-state index is -4.86. The quantitative estimate of drug-likeness (QED) is 0.0346. The predicted octanol–water partition coefficient (Wildman–Crippen LogP) is 16.7. The second-order valence-corrected chi connectivity index (χ2v) is 29.7. The molecule has 3 aromatic heterocycles. The van der Waals surface area contributed by atoms with Gasteiger partial charge in [-0.1, -0.05) is 134 Å². The molecule has 570 valence electrons. The fourth-order valence-corrected chi connectivity index (χ4v) is 15.1. The van der Waals surface area contributed by atoms with Gasteiger partial charge in [0.25, 0.3) is 26.8 Å². The minimum Gasteiger partial charge on any atom is -1.00 e. The van der Waals surface area contributed by atoms with E-state index in [9.17, 15) is 62.3 Å². The zero-order valence-electron chi connectivity index (χ0n) is 53.9. The smallest absolute Gasteiger partial charge is 1.00 e. The number of ether oxygens (including phenoxy) is 3. The molecule has 0 N–H and O–H groups in total. The van der Waals surface area contributed by atoms with Gasteiger partial charge < -0.3 is 37.6 Å². The summed E-state index contributed by atoms with van der Waals surface area (Å²) < 4.78 is 170. The average Bonchev–Trinajstić information content (AvgIpc) is 1.56. The van der Waals surface area contributed by atoms with Gasteiger partial charge in [-0.05, 0) is 151 Å². The fourth-order valence-electron chi connectivity index (χ4n) is 11.7. The number of carbonyl (C=O) groups excluding carboxylic acids is 3. The Bertz CT molecular complexity index is 4750. The van der Waals surface area contributed by atoms with Crippen LogP contribution in [0.15, 0.2) is 157 Å². The van der Waals surface area contributed by atoms with Crippen LogP contribution in [0.3, 0.4) is 0 Å². The summed E-state index contributed by atoms with van der Waals surface area (Å²) in [5.41, 5.74) is -0.746. The molecule has 0 spiro atoms. The molecule has 19 nitrogen and oxygen atoms in total. The topological polar surface area (TPSA) is 210 Å². The molecule has 3 aliphatic heterocycles. The zero-order valence-corrected chi connectivity index (χ0v) is 65.1. The molecule has 1 aliphatic carbocycles.